The van der Waals surface area contributed by atoms with Gasteiger partial charge in [0.2, 0.25) is 5.91 Å². The maximum atomic E-state index is 12.0. The number of hydrogen-bond acceptors (Lipinski definition) is 3. The van der Waals surface area contributed by atoms with E-state index in [1.807, 2.05) is 6.92 Å². The minimum absolute atomic E-state index is 0.00939. The molecule has 1 N–H and O–H groups in total. The Hall–Kier alpha value is -1.91. The van der Waals surface area contributed by atoms with Crippen LogP contribution < -0.4 is 5.32 Å². The van der Waals surface area contributed by atoms with Crippen LogP contribution in [0.2, 0.25) is 0 Å². The number of nitrogens with one attached hydrogen (secondary N) is 1. The van der Waals surface area contributed by atoms with E-state index >= 15 is 0 Å². The lowest BCUT2D eigenvalue weighted by molar-refractivity contribution is -0.384. The summed E-state index contributed by atoms with van der Waals surface area (Å²) in [5, 5.41) is 13.3. The quantitative estimate of drug-likeness (QED) is 0.602. The summed E-state index contributed by atoms with van der Waals surface area (Å²) >= 11 is 0. The number of nitrogens with zero attached hydrogens (tertiary/aromatic N) is 1. The molecule has 0 heterocycles. The molecular weight excluding hydrogens is 244 g/mol. The Morgan fingerprint density at radius 3 is 2.42 bits per heavy atom. The second-order valence-electron chi connectivity index (χ2n) is 4.54. The number of amides is 1. The van der Waals surface area contributed by atoms with E-state index in [9.17, 15) is 14.9 Å². The first-order valence-corrected chi connectivity index (χ1v) is 6.63. The highest BCUT2D eigenvalue weighted by Gasteiger charge is 2.16. The maximum absolute atomic E-state index is 12.0. The summed E-state index contributed by atoms with van der Waals surface area (Å²) in [6.07, 6.45) is 3.79. The van der Waals surface area contributed by atoms with E-state index < -0.39 is 4.92 Å². The van der Waals surface area contributed by atoms with Crippen LogP contribution in [0.3, 0.4) is 0 Å². The molecule has 0 aromatic heterocycles. The molecule has 0 spiro atoms. The van der Waals surface area contributed by atoms with E-state index in [2.05, 4.69) is 12.2 Å². The highest BCUT2D eigenvalue weighted by atomic mass is 16.6. The van der Waals surface area contributed by atoms with E-state index in [1.54, 1.807) is 12.1 Å². The second kappa shape index (κ2) is 7.51. The molecule has 1 atom stereocenters. The lowest BCUT2D eigenvalue weighted by Crippen LogP contribution is -2.22. The number of unbranched alkanes of at least 4 members (excludes halogenated alkanes) is 1. The molecule has 0 fully saturated rings. The van der Waals surface area contributed by atoms with Gasteiger partial charge in [-0.3, -0.25) is 14.9 Å². The summed E-state index contributed by atoms with van der Waals surface area (Å²) < 4.78 is 0. The average Bonchev–Trinajstić information content (AvgIpc) is 2.40. The zero-order valence-electron chi connectivity index (χ0n) is 11.4. The maximum Gasteiger partial charge on any atom is 0.269 e. The van der Waals surface area contributed by atoms with Gasteiger partial charge in [-0.25, -0.2) is 0 Å². The SMILES string of the molecule is CCCC[C@H](CC)C(=O)Nc1ccc([N+](=O)[O-])cc1. The Balaban J connectivity index is 2.62. The van der Waals surface area contributed by atoms with Crippen molar-refractivity contribution in [2.75, 3.05) is 5.32 Å². The van der Waals surface area contributed by atoms with Crippen LogP contribution in [0.5, 0.6) is 0 Å². The van der Waals surface area contributed by atoms with Crippen LogP contribution in [0.4, 0.5) is 11.4 Å². The third-order valence-electron chi connectivity index (χ3n) is 3.12. The Labute approximate surface area is 113 Å². The van der Waals surface area contributed by atoms with Gasteiger partial charge in [0, 0.05) is 23.7 Å². The smallest absolute Gasteiger partial charge is 0.269 e. The van der Waals surface area contributed by atoms with Crippen molar-refractivity contribution in [2.24, 2.45) is 5.92 Å². The van der Waals surface area contributed by atoms with Crippen LogP contribution in [0, 0.1) is 16.0 Å². The number of nitro benzene ring substituents is 1. The van der Waals surface area contributed by atoms with E-state index in [-0.39, 0.29) is 17.5 Å². The van der Waals surface area contributed by atoms with Crippen molar-refractivity contribution < 1.29 is 9.72 Å². The fourth-order valence-corrected chi connectivity index (χ4v) is 1.88. The number of rotatable bonds is 7. The standard InChI is InChI=1S/C14H20N2O3/c1-3-5-6-11(4-2)14(17)15-12-7-9-13(10-8-12)16(18)19/h7-11H,3-6H2,1-2H3,(H,15,17)/t11-/m0/s1. The molecule has 1 aromatic carbocycles. The molecule has 0 saturated heterocycles. The fourth-order valence-electron chi connectivity index (χ4n) is 1.88. The molecule has 0 aliphatic heterocycles. The summed E-state index contributed by atoms with van der Waals surface area (Å²) in [7, 11) is 0. The lowest BCUT2D eigenvalue weighted by atomic mass is 9.98. The molecule has 104 valence electrons. The van der Waals surface area contributed by atoms with Crippen molar-refractivity contribution in [3.8, 4) is 0 Å². The van der Waals surface area contributed by atoms with Crippen LogP contribution in [-0.2, 0) is 4.79 Å². The molecule has 0 unspecified atom stereocenters. The molecule has 19 heavy (non-hydrogen) atoms. The van der Waals surface area contributed by atoms with Crippen molar-refractivity contribution in [3.05, 3.63) is 34.4 Å². The zero-order chi connectivity index (χ0) is 14.3. The summed E-state index contributed by atoms with van der Waals surface area (Å²) in [5.74, 6) is -0.0000509. The summed E-state index contributed by atoms with van der Waals surface area (Å²) in [6, 6.07) is 5.90. The monoisotopic (exact) mass is 264 g/mol. The summed E-state index contributed by atoms with van der Waals surface area (Å²) in [6.45, 7) is 4.09. The van der Waals surface area contributed by atoms with Crippen molar-refractivity contribution >= 4 is 17.3 Å². The van der Waals surface area contributed by atoms with Crippen molar-refractivity contribution in [3.63, 3.8) is 0 Å². The molecule has 5 nitrogen and oxygen atoms in total. The Bertz CT molecular complexity index is 429. The molecule has 1 amide bonds. The molecule has 0 saturated carbocycles. The van der Waals surface area contributed by atoms with Gasteiger partial charge in [0.25, 0.3) is 5.69 Å². The first-order valence-electron chi connectivity index (χ1n) is 6.63. The Kier molecular flexibility index (Phi) is 5.99. The van der Waals surface area contributed by atoms with Crippen molar-refractivity contribution in [1.82, 2.24) is 0 Å². The van der Waals surface area contributed by atoms with E-state index in [0.717, 1.165) is 25.7 Å². The minimum Gasteiger partial charge on any atom is -0.326 e. The first-order chi connectivity index (χ1) is 9.08. The molecule has 0 aliphatic rings. The van der Waals surface area contributed by atoms with Crippen LogP contribution >= 0.6 is 0 Å². The summed E-state index contributed by atoms with van der Waals surface area (Å²) in [4.78, 5) is 22.1. The largest absolute Gasteiger partial charge is 0.326 e. The topological polar surface area (TPSA) is 72.2 Å². The predicted octanol–water partition coefficient (Wildman–Crippen LogP) is 3.75. The molecular formula is C14H20N2O3. The Morgan fingerprint density at radius 2 is 1.95 bits per heavy atom. The van der Waals surface area contributed by atoms with Gasteiger partial charge in [-0.05, 0) is 25.0 Å². The molecule has 1 rings (SSSR count). The van der Waals surface area contributed by atoms with E-state index in [4.69, 9.17) is 0 Å². The van der Waals surface area contributed by atoms with Crippen LogP contribution in [-0.4, -0.2) is 10.8 Å². The number of non-ortho nitro benzene ring substituents is 1. The molecule has 5 heteroatoms. The average molecular weight is 264 g/mol. The highest BCUT2D eigenvalue weighted by Crippen LogP contribution is 2.18. The van der Waals surface area contributed by atoms with Gasteiger partial charge in [0.15, 0.2) is 0 Å². The molecule has 1 aromatic rings. The third-order valence-corrected chi connectivity index (χ3v) is 3.12. The Morgan fingerprint density at radius 1 is 1.32 bits per heavy atom. The van der Waals surface area contributed by atoms with Gasteiger partial charge < -0.3 is 5.32 Å². The van der Waals surface area contributed by atoms with Gasteiger partial charge >= 0.3 is 0 Å². The summed E-state index contributed by atoms with van der Waals surface area (Å²) in [5.41, 5.74) is 0.626. The molecule has 0 radical (unpaired) electrons. The predicted molar refractivity (Wildman–Crippen MR) is 75.0 cm³/mol. The van der Waals surface area contributed by atoms with Gasteiger partial charge in [0.1, 0.15) is 0 Å². The van der Waals surface area contributed by atoms with Gasteiger partial charge in [-0.2, -0.15) is 0 Å². The number of carbonyl (C=O) groups is 1. The van der Waals surface area contributed by atoms with Gasteiger partial charge in [-0.15, -0.1) is 0 Å². The third kappa shape index (κ3) is 4.69. The van der Waals surface area contributed by atoms with Gasteiger partial charge in [0.05, 0.1) is 4.92 Å². The van der Waals surface area contributed by atoms with Crippen LogP contribution in [0.15, 0.2) is 24.3 Å². The van der Waals surface area contributed by atoms with Crippen molar-refractivity contribution in [1.29, 1.82) is 0 Å². The molecule has 0 aliphatic carbocycles. The highest BCUT2D eigenvalue weighted by molar-refractivity contribution is 5.92. The fraction of sp³-hybridized carbons (Fsp3) is 0.500. The number of hydrogen-bond donors (Lipinski definition) is 1. The number of benzene rings is 1. The van der Waals surface area contributed by atoms with Crippen LogP contribution in [0.25, 0.3) is 0 Å². The molecule has 0 bridgehead atoms. The van der Waals surface area contributed by atoms with E-state index in [0.29, 0.717) is 5.69 Å². The van der Waals surface area contributed by atoms with Gasteiger partial charge in [-0.1, -0.05) is 26.7 Å². The second-order valence-corrected chi connectivity index (χ2v) is 4.54. The number of anilines is 1. The minimum atomic E-state index is -0.457. The van der Waals surface area contributed by atoms with E-state index in [1.165, 1.54) is 12.1 Å². The van der Waals surface area contributed by atoms with Crippen LogP contribution in [0.1, 0.15) is 39.5 Å². The normalized spacial score (nSPS) is 11.9. The number of carbonyl (C=O) groups excluding carboxylic acids is 1. The number of nitro groups is 1. The van der Waals surface area contributed by atoms with Crippen molar-refractivity contribution in [2.45, 2.75) is 39.5 Å². The zero-order valence-corrected chi connectivity index (χ0v) is 11.4. The lowest BCUT2D eigenvalue weighted by Gasteiger charge is -2.14. The first kappa shape index (κ1) is 15.1.